The van der Waals surface area contributed by atoms with Crippen LogP contribution in [0.25, 0.3) is 0 Å². The zero-order chi connectivity index (χ0) is 15.4. The SMILES string of the molecule is CCCO[Si](OCCC)(OCCC)/C1=C/C=C\CCCC1. The fourth-order valence-electron chi connectivity index (χ4n) is 2.31. The minimum absolute atomic E-state index is 0.709. The summed E-state index contributed by atoms with van der Waals surface area (Å²) in [5, 5.41) is 1.26. The topological polar surface area (TPSA) is 27.7 Å². The summed E-state index contributed by atoms with van der Waals surface area (Å²) in [6.45, 7) is 8.52. The Balaban J connectivity index is 2.96. The lowest BCUT2D eigenvalue weighted by molar-refractivity contribution is 0.0672. The predicted octanol–water partition coefficient (Wildman–Crippen LogP) is 4.80. The Morgan fingerprint density at radius 1 is 0.905 bits per heavy atom. The average Bonchev–Trinajstić information content (AvgIpc) is 2.47. The third-order valence-electron chi connectivity index (χ3n) is 3.38. The van der Waals surface area contributed by atoms with E-state index >= 15 is 0 Å². The van der Waals surface area contributed by atoms with Crippen LogP contribution in [0.15, 0.2) is 23.4 Å². The van der Waals surface area contributed by atoms with E-state index in [1.807, 2.05) is 0 Å². The van der Waals surface area contributed by atoms with Crippen molar-refractivity contribution in [2.75, 3.05) is 19.8 Å². The second-order valence-electron chi connectivity index (χ2n) is 5.47. The quantitative estimate of drug-likeness (QED) is 0.542. The van der Waals surface area contributed by atoms with Crippen LogP contribution in [0.3, 0.4) is 0 Å². The lowest BCUT2D eigenvalue weighted by Gasteiger charge is -2.32. The van der Waals surface area contributed by atoms with Crippen LogP contribution in [0.1, 0.15) is 65.7 Å². The van der Waals surface area contributed by atoms with E-state index in [2.05, 4.69) is 39.0 Å². The fraction of sp³-hybridized carbons (Fsp3) is 0.765. The van der Waals surface area contributed by atoms with Crippen LogP contribution in [0.4, 0.5) is 0 Å². The molecule has 1 aliphatic carbocycles. The van der Waals surface area contributed by atoms with Gasteiger partial charge >= 0.3 is 8.80 Å². The van der Waals surface area contributed by atoms with Crippen LogP contribution in [0, 0.1) is 0 Å². The van der Waals surface area contributed by atoms with Gasteiger partial charge < -0.3 is 13.3 Å². The summed E-state index contributed by atoms with van der Waals surface area (Å²) in [4.78, 5) is 0. The molecular formula is C17H32O3Si. The van der Waals surface area contributed by atoms with Gasteiger partial charge in [-0.2, -0.15) is 0 Å². The molecule has 3 nitrogen and oxygen atoms in total. The molecule has 0 aromatic carbocycles. The molecule has 0 aliphatic heterocycles. The summed E-state index contributed by atoms with van der Waals surface area (Å²) in [6.07, 6.45) is 14.2. The molecule has 0 fully saturated rings. The molecule has 0 unspecified atom stereocenters. The predicted molar refractivity (Wildman–Crippen MR) is 90.2 cm³/mol. The van der Waals surface area contributed by atoms with Gasteiger partial charge in [0.05, 0.1) is 0 Å². The largest absolute Gasteiger partial charge is 0.532 e. The van der Waals surface area contributed by atoms with E-state index in [0.29, 0.717) is 19.8 Å². The van der Waals surface area contributed by atoms with Crippen LogP contribution in [0.5, 0.6) is 0 Å². The van der Waals surface area contributed by atoms with Crippen molar-refractivity contribution in [2.24, 2.45) is 0 Å². The fourth-order valence-corrected chi connectivity index (χ4v) is 5.32. The Bertz CT molecular complexity index is 304. The van der Waals surface area contributed by atoms with E-state index in [0.717, 1.165) is 25.7 Å². The number of allylic oxidation sites excluding steroid dienone is 4. The standard InChI is InChI=1S/C17H32O3Si/c1-4-14-18-21(19-15-5-2,20-16-6-3)17-12-10-8-7-9-11-13-17/h8,10,12H,4-7,9,11,13-16H2,1-3H3/b10-8-,17-12+. The van der Waals surface area contributed by atoms with E-state index in [1.165, 1.54) is 24.5 Å². The molecule has 0 saturated heterocycles. The second kappa shape index (κ2) is 11.2. The van der Waals surface area contributed by atoms with Crippen LogP contribution in [-0.4, -0.2) is 28.6 Å². The van der Waals surface area contributed by atoms with Gasteiger partial charge in [-0.3, -0.25) is 0 Å². The molecule has 122 valence electrons. The zero-order valence-corrected chi connectivity index (χ0v) is 15.0. The first-order valence-electron chi connectivity index (χ1n) is 8.57. The third-order valence-corrected chi connectivity index (χ3v) is 6.34. The minimum Gasteiger partial charge on any atom is -0.370 e. The van der Waals surface area contributed by atoms with Gasteiger partial charge in [-0.15, -0.1) is 0 Å². The Morgan fingerprint density at radius 3 is 2.00 bits per heavy atom. The lowest BCUT2D eigenvalue weighted by Crippen LogP contribution is -2.49. The van der Waals surface area contributed by atoms with Gasteiger partial charge in [0.25, 0.3) is 0 Å². The summed E-state index contributed by atoms with van der Waals surface area (Å²) in [5.74, 6) is 0. The van der Waals surface area contributed by atoms with Gasteiger partial charge in [-0.05, 0) is 44.9 Å². The third kappa shape index (κ3) is 6.47. The monoisotopic (exact) mass is 312 g/mol. The van der Waals surface area contributed by atoms with Gasteiger partial charge in [0.1, 0.15) is 0 Å². The van der Waals surface area contributed by atoms with Crippen molar-refractivity contribution in [1.29, 1.82) is 0 Å². The molecule has 0 aromatic rings. The summed E-state index contributed by atoms with van der Waals surface area (Å²) in [7, 11) is -2.70. The lowest BCUT2D eigenvalue weighted by atomic mass is 10.1. The first-order valence-corrected chi connectivity index (χ1v) is 10.3. The van der Waals surface area contributed by atoms with Crippen molar-refractivity contribution in [3.63, 3.8) is 0 Å². The van der Waals surface area contributed by atoms with Gasteiger partial charge in [0.15, 0.2) is 0 Å². The Kier molecular flexibility index (Phi) is 9.92. The minimum atomic E-state index is -2.70. The van der Waals surface area contributed by atoms with Crippen molar-refractivity contribution in [3.05, 3.63) is 23.4 Å². The first kappa shape index (κ1) is 18.6. The highest BCUT2D eigenvalue weighted by Crippen LogP contribution is 2.27. The van der Waals surface area contributed by atoms with E-state index in [4.69, 9.17) is 13.3 Å². The maximum atomic E-state index is 6.21. The van der Waals surface area contributed by atoms with Crippen LogP contribution in [0.2, 0.25) is 0 Å². The van der Waals surface area contributed by atoms with E-state index < -0.39 is 8.80 Å². The normalized spacial score (nSPS) is 20.4. The number of hydrogen-bond donors (Lipinski definition) is 0. The highest BCUT2D eigenvalue weighted by atomic mass is 28.4. The molecule has 21 heavy (non-hydrogen) atoms. The molecule has 0 atom stereocenters. The van der Waals surface area contributed by atoms with Crippen molar-refractivity contribution in [3.8, 4) is 0 Å². The molecule has 0 N–H and O–H groups in total. The van der Waals surface area contributed by atoms with Crippen molar-refractivity contribution < 1.29 is 13.3 Å². The molecule has 0 aromatic heterocycles. The van der Waals surface area contributed by atoms with Gasteiger partial charge in [-0.1, -0.05) is 39.0 Å². The van der Waals surface area contributed by atoms with Crippen molar-refractivity contribution >= 4 is 8.80 Å². The Hall–Kier alpha value is -0.423. The second-order valence-corrected chi connectivity index (χ2v) is 8.09. The summed E-state index contributed by atoms with van der Waals surface area (Å²) >= 11 is 0. The number of hydrogen-bond acceptors (Lipinski definition) is 3. The Morgan fingerprint density at radius 2 is 1.48 bits per heavy atom. The van der Waals surface area contributed by atoms with Gasteiger partial charge in [0.2, 0.25) is 0 Å². The molecule has 0 heterocycles. The van der Waals surface area contributed by atoms with Gasteiger partial charge in [0, 0.05) is 25.0 Å². The zero-order valence-electron chi connectivity index (χ0n) is 14.0. The molecule has 0 saturated carbocycles. The van der Waals surface area contributed by atoms with Crippen LogP contribution >= 0.6 is 0 Å². The maximum absolute atomic E-state index is 6.21. The summed E-state index contributed by atoms with van der Waals surface area (Å²) < 4.78 is 18.6. The molecule has 4 heteroatoms. The van der Waals surface area contributed by atoms with E-state index in [1.54, 1.807) is 0 Å². The average molecular weight is 313 g/mol. The molecule has 0 spiro atoms. The van der Waals surface area contributed by atoms with Crippen molar-refractivity contribution in [1.82, 2.24) is 0 Å². The van der Waals surface area contributed by atoms with E-state index in [-0.39, 0.29) is 0 Å². The smallest absolute Gasteiger partial charge is 0.370 e. The van der Waals surface area contributed by atoms with E-state index in [9.17, 15) is 0 Å². The molecule has 0 amide bonds. The highest BCUT2D eigenvalue weighted by molar-refractivity contribution is 6.68. The highest BCUT2D eigenvalue weighted by Gasteiger charge is 2.45. The maximum Gasteiger partial charge on any atom is 0.532 e. The van der Waals surface area contributed by atoms with Crippen LogP contribution < -0.4 is 0 Å². The van der Waals surface area contributed by atoms with Crippen LogP contribution in [-0.2, 0) is 13.3 Å². The molecule has 0 bridgehead atoms. The summed E-state index contributed by atoms with van der Waals surface area (Å²) in [5.41, 5.74) is 0. The molecular weight excluding hydrogens is 280 g/mol. The first-order chi connectivity index (χ1) is 10.3. The number of rotatable bonds is 10. The summed E-state index contributed by atoms with van der Waals surface area (Å²) in [6, 6.07) is 0. The molecule has 1 aliphatic rings. The van der Waals surface area contributed by atoms with Gasteiger partial charge in [-0.25, -0.2) is 0 Å². The molecule has 0 radical (unpaired) electrons. The Labute approximate surface area is 131 Å². The van der Waals surface area contributed by atoms with Crippen molar-refractivity contribution in [2.45, 2.75) is 65.7 Å². The molecule has 1 rings (SSSR count).